The Hall–Kier alpha value is -1.97. The van der Waals surface area contributed by atoms with Gasteiger partial charge in [0.1, 0.15) is 17.0 Å². The number of halogens is 1. The Kier molecular flexibility index (Phi) is 7.99. The van der Waals surface area contributed by atoms with Gasteiger partial charge in [-0.05, 0) is 93.8 Å². The smallest absolute Gasteiger partial charge is 0.411 e. The van der Waals surface area contributed by atoms with Crippen LogP contribution in [0.4, 0.5) is 14.9 Å². The maximum Gasteiger partial charge on any atom is 0.411 e. The zero-order valence-electron chi connectivity index (χ0n) is 23.1. The molecule has 1 aromatic carbocycles. The van der Waals surface area contributed by atoms with Crippen molar-refractivity contribution in [3.05, 3.63) is 29.1 Å². The average molecular weight is 523 g/mol. The van der Waals surface area contributed by atoms with E-state index in [1.807, 2.05) is 0 Å². The minimum atomic E-state index is -2.25. The summed E-state index contributed by atoms with van der Waals surface area (Å²) in [6.07, 6.45) is 1.55. The summed E-state index contributed by atoms with van der Waals surface area (Å²) >= 11 is 0. The number of anilines is 1. The molecule has 2 aliphatic rings. The lowest BCUT2D eigenvalue weighted by atomic mass is 9.95. The summed E-state index contributed by atoms with van der Waals surface area (Å²) in [4.78, 5) is 28.6. The topological polar surface area (TPSA) is 88.1 Å². The Balaban J connectivity index is 1.93. The van der Waals surface area contributed by atoms with Gasteiger partial charge < -0.3 is 19.6 Å². The van der Waals surface area contributed by atoms with Crippen molar-refractivity contribution in [2.45, 2.75) is 96.5 Å². The van der Waals surface area contributed by atoms with Crippen molar-refractivity contribution in [3.8, 4) is 0 Å². The highest BCUT2D eigenvalue weighted by Crippen LogP contribution is 2.40. The predicted octanol–water partition coefficient (Wildman–Crippen LogP) is 5.26. The van der Waals surface area contributed by atoms with E-state index in [2.05, 4.69) is 39.2 Å². The van der Waals surface area contributed by atoms with Gasteiger partial charge in [0.05, 0.1) is 6.61 Å². The van der Waals surface area contributed by atoms with Gasteiger partial charge in [0.15, 0.2) is 8.32 Å². The Morgan fingerprint density at radius 3 is 2.44 bits per heavy atom. The number of fused-ring (bicyclic) bond motifs is 1. The minimum Gasteiger partial charge on any atom is -0.444 e. The van der Waals surface area contributed by atoms with Gasteiger partial charge >= 0.3 is 6.09 Å². The standard InChI is InChI=1S/C27H43FN2O5Si/c1-25(2,3)35-24(33)30-11-9-10-27(30,17-34-36(7,8)26(4,5)6)23(32)29-20-14-19-12-18(16-31)13-21(19)22(28)15-20/h14-15,18,31H,9-13,16-17H2,1-8H3,(H,29,32)/t18?,27-/m1/s1. The SMILES string of the molecule is CC(C)(C)OC(=O)N1CCC[C@@]1(CO[Si](C)(C)C(C)(C)C)C(=O)Nc1cc(F)c2c(c1)CC(CO)C2. The van der Waals surface area contributed by atoms with Gasteiger partial charge in [0, 0.05) is 18.8 Å². The number of aliphatic hydroxyl groups excluding tert-OH is 1. The van der Waals surface area contributed by atoms with Crippen LogP contribution in [-0.2, 0) is 26.8 Å². The van der Waals surface area contributed by atoms with Crippen LogP contribution >= 0.6 is 0 Å². The molecule has 0 bridgehead atoms. The fraction of sp³-hybridized carbons (Fsp3) is 0.704. The molecule has 0 saturated carbocycles. The lowest BCUT2D eigenvalue weighted by Crippen LogP contribution is -2.60. The van der Waals surface area contributed by atoms with E-state index in [9.17, 15) is 19.1 Å². The molecule has 3 rings (SSSR count). The van der Waals surface area contributed by atoms with E-state index in [4.69, 9.17) is 9.16 Å². The Labute approximate surface area is 215 Å². The number of ether oxygens (including phenoxy) is 1. The molecule has 0 aromatic heterocycles. The van der Waals surface area contributed by atoms with Gasteiger partial charge in [-0.25, -0.2) is 9.18 Å². The Morgan fingerprint density at radius 1 is 1.19 bits per heavy atom. The lowest BCUT2D eigenvalue weighted by molar-refractivity contribution is -0.128. The fourth-order valence-corrected chi connectivity index (χ4v) is 5.69. The van der Waals surface area contributed by atoms with Crippen molar-refractivity contribution in [1.82, 2.24) is 4.90 Å². The number of benzene rings is 1. The van der Waals surface area contributed by atoms with E-state index in [0.29, 0.717) is 43.5 Å². The molecule has 1 aliphatic heterocycles. The molecule has 0 spiro atoms. The number of carbonyl (C=O) groups is 2. The molecule has 1 heterocycles. The van der Waals surface area contributed by atoms with Gasteiger partial charge in [0.25, 0.3) is 5.91 Å². The molecule has 2 amide bonds. The van der Waals surface area contributed by atoms with Crippen LogP contribution in [0.5, 0.6) is 0 Å². The second-order valence-corrected chi connectivity index (χ2v) is 17.6. The largest absolute Gasteiger partial charge is 0.444 e. The number of carbonyl (C=O) groups excluding carboxylic acids is 2. The first kappa shape index (κ1) is 28.6. The van der Waals surface area contributed by atoms with Gasteiger partial charge in [-0.15, -0.1) is 0 Å². The Morgan fingerprint density at radius 2 is 1.86 bits per heavy atom. The predicted molar refractivity (Wildman–Crippen MR) is 141 cm³/mol. The van der Waals surface area contributed by atoms with Crippen molar-refractivity contribution in [3.63, 3.8) is 0 Å². The summed E-state index contributed by atoms with van der Waals surface area (Å²) in [6.45, 7) is 16.4. The molecule has 36 heavy (non-hydrogen) atoms. The number of nitrogens with one attached hydrogen (secondary N) is 1. The van der Waals surface area contributed by atoms with E-state index in [1.165, 1.54) is 11.0 Å². The summed E-state index contributed by atoms with van der Waals surface area (Å²) in [7, 11) is -2.25. The summed E-state index contributed by atoms with van der Waals surface area (Å²) in [6, 6.07) is 3.10. The van der Waals surface area contributed by atoms with Crippen LogP contribution in [0.25, 0.3) is 0 Å². The minimum absolute atomic E-state index is 0.00539. The van der Waals surface area contributed by atoms with Gasteiger partial charge in [-0.2, -0.15) is 0 Å². The van der Waals surface area contributed by atoms with Crippen LogP contribution in [0.15, 0.2) is 12.1 Å². The lowest BCUT2D eigenvalue weighted by Gasteiger charge is -2.42. The average Bonchev–Trinajstić information content (AvgIpc) is 3.35. The van der Waals surface area contributed by atoms with E-state index in [1.54, 1.807) is 26.8 Å². The third kappa shape index (κ3) is 5.94. The number of amides is 2. The van der Waals surface area contributed by atoms with Crippen LogP contribution < -0.4 is 5.32 Å². The number of hydrogen-bond donors (Lipinski definition) is 2. The molecule has 1 aliphatic carbocycles. The van der Waals surface area contributed by atoms with Crippen molar-refractivity contribution in [1.29, 1.82) is 0 Å². The second-order valence-electron chi connectivity index (χ2n) is 12.8. The third-order valence-corrected chi connectivity index (χ3v) is 12.3. The highest BCUT2D eigenvalue weighted by molar-refractivity contribution is 6.74. The van der Waals surface area contributed by atoms with Crippen LogP contribution in [0.2, 0.25) is 18.1 Å². The van der Waals surface area contributed by atoms with Gasteiger partial charge in [-0.3, -0.25) is 9.69 Å². The zero-order valence-corrected chi connectivity index (χ0v) is 24.1. The third-order valence-electron chi connectivity index (χ3n) is 7.81. The summed E-state index contributed by atoms with van der Waals surface area (Å²) < 4.78 is 27.0. The van der Waals surface area contributed by atoms with E-state index < -0.39 is 31.5 Å². The quantitative estimate of drug-likeness (QED) is 0.498. The normalized spacial score (nSPS) is 22.5. The molecule has 1 unspecified atom stereocenters. The van der Waals surface area contributed by atoms with Crippen LogP contribution in [0, 0.1) is 11.7 Å². The Bertz CT molecular complexity index is 1000. The summed E-state index contributed by atoms with van der Waals surface area (Å²) in [5.41, 5.74) is -0.238. The van der Waals surface area contributed by atoms with Crippen molar-refractivity contribution < 1.29 is 28.2 Å². The number of nitrogens with zero attached hydrogens (tertiary/aromatic N) is 1. The van der Waals surface area contributed by atoms with Gasteiger partial charge in [0.2, 0.25) is 0 Å². The number of likely N-dealkylation sites (tertiary alicyclic amines) is 1. The van der Waals surface area contributed by atoms with E-state index in [0.717, 1.165) is 5.56 Å². The summed E-state index contributed by atoms with van der Waals surface area (Å²) in [5, 5.41) is 12.3. The fourth-order valence-electron chi connectivity index (χ4n) is 4.65. The first-order valence-corrected chi connectivity index (χ1v) is 15.8. The summed E-state index contributed by atoms with van der Waals surface area (Å²) in [5.74, 6) is -0.802. The maximum atomic E-state index is 14.9. The molecule has 7 nitrogen and oxygen atoms in total. The second kappa shape index (κ2) is 10.1. The molecule has 202 valence electrons. The highest BCUT2D eigenvalue weighted by Gasteiger charge is 2.53. The first-order valence-electron chi connectivity index (χ1n) is 12.9. The molecular formula is C27H43FN2O5Si. The van der Waals surface area contributed by atoms with Gasteiger partial charge in [-0.1, -0.05) is 20.8 Å². The van der Waals surface area contributed by atoms with Crippen LogP contribution in [0.3, 0.4) is 0 Å². The number of hydrogen-bond acceptors (Lipinski definition) is 5. The molecule has 0 radical (unpaired) electrons. The van der Waals surface area contributed by atoms with Crippen molar-refractivity contribution >= 4 is 26.0 Å². The van der Waals surface area contributed by atoms with Crippen molar-refractivity contribution in [2.75, 3.05) is 25.1 Å². The first-order chi connectivity index (χ1) is 16.5. The molecule has 1 fully saturated rings. The monoisotopic (exact) mass is 522 g/mol. The van der Waals surface area contributed by atoms with E-state index in [-0.39, 0.29) is 30.0 Å². The van der Waals surface area contributed by atoms with Crippen LogP contribution in [-0.4, -0.2) is 61.2 Å². The molecule has 1 aromatic rings. The molecule has 1 saturated heterocycles. The molecule has 2 N–H and O–H groups in total. The zero-order chi connectivity index (χ0) is 27.1. The highest BCUT2D eigenvalue weighted by atomic mass is 28.4. The number of rotatable bonds is 6. The van der Waals surface area contributed by atoms with Crippen molar-refractivity contribution in [2.24, 2.45) is 5.92 Å². The molecule has 9 heteroatoms. The van der Waals surface area contributed by atoms with E-state index >= 15 is 0 Å². The number of aliphatic hydroxyl groups is 1. The molecule has 2 atom stereocenters. The van der Waals surface area contributed by atoms with Crippen LogP contribution in [0.1, 0.15) is 65.5 Å². The molecular weight excluding hydrogens is 479 g/mol. The maximum absolute atomic E-state index is 14.9.